The zero-order valence-electron chi connectivity index (χ0n) is 21.2. The number of nitrogens with zero attached hydrogens (tertiary/aromatic N) is 2. The quantitative estimate of drug-likeness (QED) is 0.517. The number of amides is 1. The van der Waals surface area contributed by atoms with Gasteiger partial charge in [0.2, 0.25) is 10.0 Å². The molecule has 202 valence electrons. The number of halogens is 2. The lowest BCUT2D eigenvalue weighted by Crippen LogP contribution is -2.55. The van der Waals surface area contributed by atoms with Gasteiger partial charge in [0.25, 0.3) is 5.91 Å². The van der Waals surface area contributed by atoms with Gasteiger partial charge in [-0.1, -0.05) is 18.4 Å². The molecule has 0 spiro atoms. The normalized spacial score (nSPS) is 21.1. The van der Waals surface area contributed by atoms with E-state index in [4.69, 9.17) is 4.74 Å². The molecule has 0 bridgehead atoms. The highest BCUT2D eigenvalue weighted by atomic mass is 32.2. The molecule has 0 radical (unpaired) electrons. The van der Waals surface area contributed by atoms with Crippen LogP contribution in [-0.2, 0) is 26.2 Å². The van der Waals surface area contributed by atoms with Gasteiger partial charge >= 0.3 is 0 Å². The molecular weight excluding hydrogens is 514 g/mol. The molecule has 1 fully saturated rings. The molecule has 2 heterocycles. The van der Waals surface area contributed by atoms with Crippen molar-refractivity contribution in [2.75, 3.05) is 13.1 Å². The van der Waals surface area contributed by atoms with Gasteiger partial charge in [-0.15, -0.1) is 0 Å². The number of ketones is 1. The molecule has 10 heteroatoms. The lowest BCUT2D eigenvalue weighted by Gasteiger charge is -2.42. The summed E-state index contributed by atoms with van der Waals surface area (Å²) in [6.07, 6.45) is 5.07. The Kier molecular flexibility index (Phi) is 7.37. The first-order chi connectivity index (χ1) is 18.2. The number of carbonyl (C=O) groups is 2. The summed E-state index contributed by atoms with van der Waals surface area (Å²) < 4.78 is 61.1. The zero-order chi connectivity index (χ0) is 27.0. The van der Waals surface area contributed by atoms with Crippen molar-refractivity contribution in [1.82, 2.24) is 9.21 Å². The smallest absolute Gasteiger partial charge is 0.252 e. The second-order valence-corrected chi connectivity index (χ2v) is 12.0. The third-order valence-corrected chi connectivity index (χ3v) is 9.59. The first-order valence-corrected chi connectivity index (χ1v) is 14.3. The number of ether oxygens (including phenoxy) is 1. The highest BCUT2D eigenvalue weighted by molar-refractivity contribution is 7.89. The topological polar surface area (TPSA) is 84.0 Å². The van der Waals surface area contributed by atoms with Gasteiger partial charge in [0.05, 0.1) is 4.90 Å². The van der Waals surface area contributed by atoms with Crippen LogP contribution in [-0.4, -0.2) is 54.5 Å². The molecule has 1 atom stereocenters. The molecule has 2 aromatic carbocycles. The standard InChI is InChI=1S/C28H30F2N2O5S/c1-18(33)27-26-19(12-14-31(28(26)34)22-4-2-3-5-22)13-15-32(27)38(35,36)24-10-8-23(9-11-24)37-17-20-6-7-21(29)16-25(20)30/h6-11,16,22,27H,2-5,12-15,17H2,1H3. The molecule has 1 unspecified atom stereocenters. The number of rotatable bonds is 7. The van der Waals surface area contributed by atoms with E-state index in [9.17, 15) is 26.8 Å². The number of hydrogen-bond donors (Lipinski definition) is 0. The number of hydrogen-bond acceptors (Lipinski definition) is 5. The van der Waals surface area contributed by atoms with E-state index >= 15 is 0 Å². The van der Waals surface area contributed by atoms with Crippen LogP contribution in [0.3, 0.4) is 0 Å². The van der Waals surface area contributed by atoms with Crippen molar-refractivity contribution in [3.8, 4) is 5.75 Å². The van der Waals surface area contributed by atoms with E-state index in [2.05, 4.69) is 0 Å². The summed E-state index contributed by atoms with van der Waals surface area (Å²) in [6.45, 7) is 1.90. The van der Waals surface area contributed by atoms with Crippen molar-refractivity contribution in [3.63, 3.8) is 0 Å². The Morgan fingerprint density at radius 1 is 1.03 bits per heavy atom. The molecule has 38 heavy (non-hydrogen) atoms. The molecule has 0 N–H and O–H groups in total. The molecule has 0 saturated heterocycles. The van der Waals surface area contributed by atoms with E-state index in [1.54, 1.807) is 0 Å². The van der Waals surface area contributed by atoms with E-state index in [0.29, 0.717) is 30.7 Å². The Labute approximate surface area is 221 Å². The summed E-state index contributed by atoms with van der Waals surface area (Å²) in [5.74, 6) is -1.72. The fraction of sp³-hybridized carbons (Fsp3) is 0.429. The third-order valence-electron chi connectivity index (χ3n) is 7.71. The van der Waals surface area contributed by atoms with Crippen molar-refractivity contribution in [2.45, 2.75) is 69.0 Å². The predicted octanol–water partition coefficient (Wildman–Crippen LogP) is 4.37. The fourth-order valence-electron chi connectivity index (χ4n) is 5.76. The lowest BCUT2D eigenvalue weighted by atomic mass is 9.86. The van der Waals surface area contributed by atoms with Crippen LogP contribution >= 0.6 is 0 Å². The maximum atomic E-state index is 13.9. The van der Waals surface area contributed by atoms with Crippen LogP contribution in [0.5, 0.6) is 5.75 Å². The Hall–Kier alpha value is -3.11. The van der Waals surface area contributed by atoms with Crippen molar-refractivity contribution >= 4 is 21.7 Å². The first kappa shape index (κ1) is 26.5. The highest BCUT2D eigenvalue weighted by Crippen LogP contribution is 2.37. The van der Waals surface area contributed by atoms with Crippen LogP contribution in [0.15, 0.2) is 58.5 Å². The molecule has 2 aliphatic heterocycles. The maximum absolute atomic E-state index is 13.9. The van der Waals surface area contributed by atoms with Crippen LogP contribution in [0.2, 0.25) is 0 Å². The number of Topliss-reactive ketones (excluding diaryl/α,β-unsaturated/α-hetero) is 1. The van der Waals surface area contributed by atoms with Gasteiger partial charge in [0.1, 0.15) is 30.0 Å². The van der Waals surface area contributed by atoms with Crippen LogP contribution in [0.1, 0.15) is 51.0 Å². The van der Waals surface area contributed by atoms with Crippen molar-refractivity contribution in [1.29, 1.82) is 0 Å². The SMILES string of the molecule is CC(=O)C1C2=C(CCN(C3CCCC3)C2=O)CCN1S(=O)(=O)c1ccc(OCc2ccc(F)cc2F)cc1. The minimum atomic E-state index is -4.11. The lowest BCUT2D eigenvalue weighted by molar-refractivity contribution is -0.133. The second kappa shape index (κ2) is 10.6. The Bertz CT molecular complexity index is 1380. The van der Waals surface area contributed by atoms with Crippen LogP contribution in [0, 0.1) is 11.6 Å². The highest BCUT2D eigenvalue weighted by Gasteiger charge is 2.46. The summed E-state index contributed by atoms with van der Waals surface area (Å²) in [6, 6.07) is 7.78. The number of sulfonamides is 1. The zero-order valence-corrected chi connectivity index (χ0v) is 22.0. The van der Waals surface area contributed by atoms with Crippen molar-refractivity contribution in [3.05, 3.63) is 70.8 Å². The monoisotopic (exact) mass is 544 g/mol. The van der Waals surface area contributed by atoms with Crippen LogP contribution in [0.25, 0.3) is 0 Å². The van der Waals surface area contributed by atoms with E-state index in [-0.39, 0.29) is 41.3 Å². The molecular formula is C28H30F2N2O5S. The molecule has 7 nitrogen and oxygen atoms in total. The van der Waals surface area contributed by atoms with Gasteiger partial charge < -0.3 is 9.64 Å². The van der Waals surface area contributed by atoms with E-state index < -0.39 is 27.7 Å². The average molecular weight is 545 g/mol. The van der Waals surface area contributed by atoms with Crippen LogP contribution < -0.4 is 4.74 Å². The van der Waals surface area contributed by atoms with E-state index in [1.165, 1.54) is 37.3 Å². The van der Waals surface area contributed by atoms with Gasteiger partial charge in [-0.05, 0) is 69.0 Å². The van der Waals surface area contributed by atoms with E-state index in [0.717, 1.165) is 47.7 Å². The largest absolute Gasteiger partial charge is 0.489 e. The molecule has 1 aliphatic carbocycles. The number of carbonyl (C=O) groups excluding carboxylic acids is 2. The average Bonchev–Trinajstić information content (AvgIpc) is 3.42. The summed E-state index contributed by atoms with van der Waals surface area (Å²) in [7, 11) is -4.11. The predicted molar refractivity (Wildman–Crippen MR) is 136 cm³/mol. The van der Waals surface area contributed by atoms with Gasteiger partial charge in [-0.25, -0.2) is 17.2 Å². The maximum Gasteiger partial charge on any atom is 0.252 e. The second-order valence-electron chi connectivity index (χ2n) is 10.1. The van der Waals surface area contributed by atoms with Crippen LogP contribution in [0.4, 0.5) is 8.78 Å². The van der Waals surface area contributed by atoms with Gasteiger partial charge in [0.15, 0.2) is 5.78 Å². The Morgan fingerprint density at radius 3 is 2.37 bits per heavy atom. The van der Waals surface area contributed by atoms with Gasteiger partial charge in [-0.3, -0.25) is 9.59 Å². The molecule has 1 saturated carbocycles. The number of benzene rings is 2. The van der Waals surface area contributed by atoms with Crippen molar-refractivity contribution < 1.29 is 31.5 Å². The molecule has 3 aliphatic rings. The van der Waals surface area contributed by atoms with Gasteiger partial charge in [0, 0.05) is 36.3 Å². The van der Waals surface area contributed by atoms with Crippen molar-refractivity contribution in [2.24, 2.45) is 0 Å². The summed E-state index contributed by atoms with van der Waals surface area (Å²) in [4.78, 5) is 28.2. The van der Waals surface area contributed by atoms with Gasteiger partial charge in [-0.2, -0.15) is 4.31 Å². The minimum absolute atomic E-state index is 0.0379. The Balaban J connectivity index is 1.36. The summed E-state index contributed by atoms with van der Waals surface area (Å²) in [5, 5.41) is 0. The third kappa shape index (κ3) is 4.99. The minimum Gasteiger partial charge on any atom is -0.489 e. The summed E-state index contributed by atoms with van der Waals surface area (Å²) >= 11 is 0. The van der Waals surface area contributed by atoms with E-state index in [1.807, 2.05) is 4.90 Å². The molecule has 2 aromatic rings. The molecule has 1 amide bonds. The first-order valence-electron chi connectivity index (χ1n) is 12.9. The fourth-order valence-corrected chi connectivity index (χ4v) is 7.37. The Morgan fingerprint density at radius 2 is 1.71 bits per heavy atom. The summed E-state index contributed by atoms with van der Waals surface area (Å²) in [5.41, 5.74) is 1.37. The molecule has 0 aromatic heterocycles. The molecule has 5 rings (SSSR count).